The Kier molecular flexibility index (Phi) is 4.11. The van der Waals surface area contributed by atoms with Crippen molar-refractivity contribution < 1.29 is 13.9 Å². The molecule has 0 amide bonds. The van der Waals surface area contributed by atoms with E-state index in [0.29, 0.717) is 11.3 Å². The van der Waals surface area contributed by atoms with E-state index in [2.05, 4.69) is 5.10 Å². The molecule has 1 aromatic heterocycles. The van der Waals surface area contributed by atoms with Gasteiger partial charge in [-0.2, -0.15) is 5.10 Å². The molecule has 0 aliphatic heterocycles. The van der Waals surface area contributed by atoms with Crippen molar-refractivity contribution in [1.29, 1.82) is 0 Å². The number of rotatable bonds is 3. The predicted octanol–water partition coefficient (Wildman–Crippen LogP) is 3.56. The van der Waals surface area contributed by atoms with Crippen LogP contribution >= 0.6 is 11.6 Å². The zero-order valence-corrected chi connectivity index (χ0v) is 12.1. The molecule has 1 N–H and O–H groups in total. The SMILES string of the molecule is CC(C)c1nn(C)c(Cl)c1C(O)c1cc(F)ccc1F. The van der Waals surface area contributed by atoms with Gasteiger partial charge in [0.15, 0.2) is 0 Å². The Balaban J connectivity index is 2.58. The number of aliphatic hydroxyl groups is 1. The van der Waals surface area contributed by atoms with Crippen LogP contribution in [0.4, 0.5) is 8.78 Å². The summed E-state index contributed by atoms with van der Waals surface area (Å²) in [5.74, 6) is -1.31. The highest BCUT2D eigenvalue weighted by Gasteiger charge is 2.26. The molecule has 6 heteroatoms. The summed E-state index contributed by atoms with van der Waals surface area (Å²) in [7, 11) is 1.63. The molecular weight excluding hydrogens is 286 g/mol. The minimum atomic E-state index is -1.36. The molecule has 0 bridgehead atoms. The molecule has 0 saturated carbocycles. The molecule has 0 saturated heterocycles. The number of hydrogen-bond donors (Lipinski definition) is 1. The first-order chi connectivity index (χ1) is 9.32. The molecule has 1 aromatic carbocycles. The van der Waals surface area contributed by atoms with E-state index < -0.39 is 17.7 Å². The van der Waals surface area contributed by atoms with E-state index >= 15 is 0 Å². The Labute approximate surface area is 120 Å². The van der Waals surface area contributed by atoms with Crippen LogP contribution in [0.1, 0.15) is 42.7 Å². The normalized spacial score (nSPS) is 13.0. The second-order valence-electron chi connectivity index (χ2n) is 4.94. The summed E-state index contributed by atoms with van der Waals surface area (Å²) >= 11 is 6.12. The largest absolute Gasteiger partial charge is 0.383 e. The molecule has 1 atom stereocenters. The second kappa shape index (κ2) is 5.50. The smallest absolute Gasteiger partial charge is 0.133 e. The van der Waals surface area contributed by atoms with Crippen LogP contribution in [0.2, 0.25) is 5.15 Å². The van der Waals surface area contributed by atoms with Crippen LogP contribution in [0.15, 0.2) is 18.2 Å². The summed E-state index contributed by atoms with van der Waals surface area (Å²) in [5, 5.41) is 14.8. The Morgan fingerprint density at radius 1 is 1.30 bits per heavy atom. The summed E-state index contributed by atoms with van der Waals surface area (Å²) in [6.45, 7) is 3.77. The van der Waals surface area contributed by atoms with Crippen molar-refractivity contribution in [3.05, 3.63) is 51.8 Å². The van der Waals surface area contributed by atoms with E-state index in [1.165, 1.54) is 4.68 Å². The van der Waals surface area contributed by atoms with E-state index in [0.717, 1.165) is 18.2 Å². The molecule has 20 heavy (non-hydrogen) atoms. The minimum absolute atomic E-state index is 0.00466. The first kappa shape index (κ1) is 14.9. The van der Waals surface area contributed by atoms with Gasteiger partial charge in [0.1, 0.15) is 22.9 Å². The van der Waals surface area contributed by atoms with Gasteiger partial charge in [0.25, 0.3) is 0 Å². The van der Waals surface area contributed by atoms with Gasteiger partial charge >= 0.3 is 0 Å². The van der Waals surface area contributed by atoms with Gasteiger partial charge in [-0.3, -0.25) is 4.68 Å². The van der Waals surface area contributed by atoms with E-state index in [9.17, 15) is 13.9 Å². The van der Waals surface area contributed by atoms with Crippen molar-refractivity contribution in [3.63, 3.8) is 0 Å². The van der Waals surface area contributed by atoms with Crippen molar-refractivity contribution in [2.45, 2.75) is 25.9 Å². The van der Waals surface area contributed by atoms with Gasteiger partial charge in [-0.25, -0.2) is 8.78 Å². The van der Waals surface area contributed by atoms with Crippen LogP contribution < -0.4 is 0 Å². The Morgan fingerprint density at radius 3 is 2.55 bits per heavy atom. The van der Waals surface area contributed by atoms with Gasteiger partial charge in [-0.1, -0.05) is 25.4 Å². The third-order valence-corrected chi connectivity index (χ3v) is 3.56. The number of nitrogens with zero attached hydrogens (tertiary/aromatic N) is 2. The Bertz CT molecular complexity index is 640. The van der Waals surface area contributed by atoms with Crippen LogP contribution in [-0.4, -0.2) is 14.9 Å². The van der Waals surface area contributed by atoms with Crippen LogP contribution in [0.25, 0.3) is 0 Å². The lowest BCUT2D eigenvalue weighted by molar-refractivity contribution is 0.213. The number of halogens is 3. The first-order valence-corrected chi connectivity index (χ1v) is 6.56. The van der Waals surface area contributed by atoms with Crippen LogP contribution in [0.5, 0.6) is 0 Å². The second-order valence-corrected chi connectivity index (χ2v) is 5.29. The monoisotopic (exact) mass is 300 g/mol. The van der Waals surface area contributed by atoms with Crippen molar-refractivity contribution in [2.75, 3.05) is 0 Å². The molecule has 0 aliphatic rings. The lowest BCUT2D eigenvalue weighted by atomic mass is 9.97. The summed E-state index contributed by atoms with van der Waals surface area (Å²) in [5.41, 5.74) is 0.726. The van der Waals surface area contributed by atoms with Gasteiger partial charge in [0.2, 0.25) is 0 Å². The van der Waals surface area contributed by atoms with E-state index in [4.69, 9.17) is 11.6 Å². The Morgan fingerprint density at radius 2 is 1.95 bits per heavy atom. The summed E-state index contributed by atoms with van der Waals surface area (Å²) in [4.78, 5) is 0. The third-order valence-electron chi connectivity index (χ3n) is 3.11. The molecule has 2 aromatic rings. The molecule has 0 spiro atoms. The summed E-state index contributed by atoms with van der Waals surface area (Å²) in [6, 6.07) is 2.94. The minimum Gasteiger partial charge on any atom is -0.383 e. The van der Waals surface area contributed by atoms with Crippen molar-refractivity contribution >= 4 is 11.6 Å². The zero-order chi connectivity index (χ0) is 15.0. The van der Waals surface area contributed by atoms with E-state index in [1.54, 1.807) is 7.05 Å². The molecule has 2 rings (SSSR count). The molecule has 108 valence electrons. The number of aromatic nitrogens is 2. The quantitative estimate of drug-likeness (QED) is 0.941. The predicted molar refractivity (Wildman–Crippen MR) is 72.7 cm³/mol. The number of benzene rings is 1. The van der Waals surface area contributed by atoms with Crippen molar-refractivity contribution in [1.82, 2.24) is 9.78 Å². The van der Waals surface area contributed by atoms with Crippen molar-refractivity contribution in [3.8, 4) is 0 Å². The standard InChI is InChI=1S/C14H15ClF2N2O/c1-7(2)12-11(14(15)19(3)18-12)13(20)9-6-8(16)4-5-10(9)17/h4-7,13,20H,1-3H3. The highest BCUT2D eigenvalue weighted by Crippen LogP contribution is 2.35. The highest BCUT2D eigenvalue weighted by molar-refractivity contribution is 6.30. The van der Waals surface area contributed by atoms with Gasteiger partial charge < -0.3 is 5.11 Å². The van der Waals surface area contributed by atoms with Gasteiger partial charge in [-0.05, 0) is 24.1 Å². The maximum Gasteiger partial charge on any atom is 0.133 e. The van der Waals surface area contributed by atoms with E-state index in [1.807, 2.05) is 13.8 Å². The summed E-state index contributed by atoms with van der Waals surface area (Å²) < 4.78 is 28.4. The Hall–Kier alpha value is -1.46. The topological polar surface area (TPSA) is 38.0 Å². The van der Waals surface area contributed by atoms with Gasteiger partial charge in [-0.15, -0.1) is 0 Å². The fourth-order valence-corrected chi connectivity index (χ4v) is 2.34. The zero-order valence-electron chi connectivity index (χ0n) is 11.4. The molecule has 1 unspecified atom stereocenters. The van der Waals surface area contributed by atoms with Gasteiger partial charge in [0, 0.05) is 18.2 Å². The highest BCUT2D eigenvalue weighted by atomic mass is 35.5. The van der Waals surface area contributed by atoms with Crippen molar-refractivity contribution in [2.24, 2.45) is 7.05 Å². The molecular formula is C14H15ClF2N2O. The lowest BCUT2D eigenvalue weighted by Gasteiger charge is -2.14. The van der Waals surface area contributed by atoms with E-state index in [-0.39, 0.29) is 16.6 Å². The molecule has 0 fully saturated rings. The molecule has 0 radical (unpaired) electrons. The van der Waals surface area contributed by atoms with Gasteiger partial charge in [0.05, 0.1) is 5.69 Å². The van der Waals surface area contributed by atoms with Crippen LogP contribution in [-0.2, 0) is 7.05 Å². The fourth-order valence-electron chi connectivity index (χ4n) is 2.10. The average molecular weight is 301 g/mol. The third kappa shape index (κ3) is 2.55. The summed E-state index contributed by atoms with van der Waals surface area (Å²) in [6.07, 6.45) is -1.36. The maximum absolute atomic E-state index is 13.8. The number of hydrogen-bond acceptors (Lipinski definition) is 2. The number of aliphatic hydroxyl groups excluding tert-OH is 1. The molecule has 0 aliphatic carbocycles. The molecule has 1 heterocycles. The average Bonchev–Trinajstić information content (AvgIpc) is 2.68. The fraction of sp³-hybridized carbons (Fsp3) is 0.357. The maximum atomic E-state index is 13.8. The number of aryl methyl sites for hydroxylation is 1. The van der Waals surface area contributed by atoms with Crippen LogP contribution in [0.3, 0.4) is 0 Å². The van der Waals surface area contributed by atoms with Crippen LogP contribution in [0, 0.1) is 11.6 Å². The first-order valence-electron chi connectivity index (χ1n) is 6.18. The molecule has 3 nitrogen and oxygen atoms in total. The lowest BCUT2D eigenvalue weighted by Crippen LogP contribution is -2.06.